The standard InChI is InChI=1S/C32H36N2S2/c1-17(2)24-12-23(13-27-30(24)29-20(5)21(6)35-31(29)36-27)25-14-26(34-16-33-25)28-18(3)10-22(11-19(28)4)15-32(7,8)9/h10-14,16-17H,15H2,1-9H3. The average molecular weight is 513 g/mol. The number of thiophene rings is 2. The third kappa shape index (κ3) is 4.50. The first-order chi connectivity index (χ1) is 16.9. The fourth-order valence-electron chi connectivity index (χ4n) is 5.47. The highest BCUT2D eigenvalue weighted by atomic mass is 32.2. The van der Waals surface area contributed by atoms with Crippen LogP contribution in [0.2, 0.25) is 0 Å². The number of benzene rings is 2. The van der Waals surface area contributed by atoms with Gasteiger partial charge in [0.25, 0.3) is 0 Å². The summed E-state index contributed by atoms with van der Waals surface area (Å²) < 4.78 is 2.80. The zero-order chi connectivity index (χ0) is 25.9. The van der Waals surface area contributed by atoms with Crippen molar-refractivity contribution >= 4 is 42.2 Å². The molecule has 36 heavy (non-hydrogen) atoms. The molecule has 0 aliphatic heterocycles. The molecular formula is C32H36N2S2. The molecule has 3 heterocycles. The highest BCUT2D eigenvalue weighted by Crippen LogP contribution is 2.46. The predicted molar refractivity (Wildman–Crippen MR) is 160 cm³/mol. The van der Waals surface area contributed by atoms with Crippen molar-refractivity contribution in [2.24, 2.45) is 5.41 Å². The second kappa shape index (κ2) is 9.08. The number of hydrogen-bond donors (Lipinski definition) is 0. The summed E-state index contributed by atoms with van der Waals surface area (Å²) >= 11 is 3.85. The summed E-state index contributed by atoms with van der Waals surface area (Å²) in [4.78, 5) is 10.9. The van der Waals surface area contributed by atoms with Gasteiger partial charge < -0.3 is 0 Å². The summed E-state index contributed by atoms with van der Waals surface area (Å²) in [5.41, 5.74) is 11.5. The molecule has 3 aromatic heterocycles. The fraction of sp³-hybridized carbons (Fsp3) is 0.375. The Hall–Kier alpha value is -2.56. The quantitative estimate of drug-likeness (QED) is 0.239. The average Bonchev–Trinajstić information content (AvgIpc) is 3.26. The molecule has 0 aliphatic rings. The summed E-state index contributed by atoms with van der Waals surface area (Å²) in [6.07, 6.45) is 2.80. The Balaban J connectivity index is 1.63. The Kier molecular flexibility index (Phi) is 6.33. The maximum absolute atomic E-state index is 4.74. The van der Waals surface area contributed by atoms with Crippen molar-refractivity contribution in [3.63, 3.8) is 0 Å². The van der Waals surface area contributed by atoms with E-state index in [0.29, 0.717) is 5.92 Å². The first-order valence-electron chi connectivity index (χ1n) is 12.8. The van der Waals surface area contributed by atoms with E-state index in [0.717, 1.165) is 17.8 Å². The van der Waals surface area contributed by atoms with Crippen molar-refractivity contribution in [1.29, 1.82) is 0 Å². The first kappa shape index (κ1) is 25.1. The summed E-state index contributed by atoms with van der Waals surface area (Å²) in [5.74, 6) is 0.436. The number of fused-ring (bicyclic) bond motifs is 3. The second-order valence-electron chi connectivity index (χ2n) is 11.8. The van der Waals surface area contributed by atoms with Gasteiger partial charge in [0.2, 0.25) is 0 Å². The van der Waals surface area contributed by atoms with E-state index in [-0.39, 0.29) is 5.41 Å². The van der Waals surface area contributed by atoms with E-state index < -0.39 is 0 Å². The van der Waals surface area contributed by atoms with Gasteiger partial charge in [-0.1, -0.05) is 46.8 Å². The number of aryl methyl sites for hydroxylation is 4. The van der Waals surface area contributed by atoms with Gasteiger partial charge in [0.15, 0.2) is 0 Å². The Bertz CT molecular complexity index is 1590. The van der Waals surface area contributed by atoms with E-state index in [2.05, 4.69) is 92.6 Å². The smallest absolute Gasteiger partial charge is 0.116 e. The molecule has 0 atom stereocenters. The summed E-state index contributed by atoms with van der Waals surface area (Å²) in [6, 6.07) is 11.5. The minimum Gasteiger partial charge on any atom is -0.236 e. The lowest BCUT2D eigenvalue weighted by Crippen LogP contribution is -2.09. The van der Waals surface area contributed by atoms with Gasteiger partial charge in [-0.15, -0.1) is 22.7 Å². The molecule has 0 aliphatic carbocycles. The van der Waals surface area contributed by atoms with Crippen molar-refractivity contribution < 1.29 is 0 Å². The van der Waals surface area contributed by atoms with Crippen LogP contribution in [-0.4, -0.2) is 9.97 Å². The molecule has 186 valence electrons. The molecule has 4 heteroatoms. The molecule has 0 unspecified atom stereocenters. The lowest BCUT2D eigenvalue weighted by molar-refractivity contribution is 0.411. The third-order valence-electron chi connectivity index (χ3n) is 7.11. The van der Waals surface area contributed by atoms with E-state index in [1.807, 2.05) is 22.7 Å². The summed E-state index contributed by atoms with van der Waals surface area (Å²) in [6.45, 7) is 20.4. The molecule has 2 aromatic carbocycles. The molecule has 0 radical (unpaired) electrons. The van der Waals surface area contributed by atoms with E-state index in [1.165, 1.54) is 63.3 Å². The van der Waals surface area contributed by atoms with Crippen LogP contribution >= 0.6 is 22.7 Å². The Morgan fingerprint density at radius 1 is 0.806 bits per heavy atom. The monoisotopic (exact) mass is 512 g/mol. The van der Waals surface area contributed by atoms with Crippen LogP contribution in [0.25, 0.3) is 42.0 Å². The third-order valence-corrected chi connectivity index (χ3v) is 9.54. The number of nitrogens with zero attached hydrogens (tertiary/aromatic N) is 2. The molecule has 0 bridgehead atoms. The molecular weight excluding hydrogens is 477 g/mol. The minimum absolute atomic E-state index is 0.267. The van der Waals surface area contributed by atoms with E-state index in [4.69, 9.17) is 9.97 Å². The molecule has 0 fully saturated rings. The van der Waals surface area contributed by atoms with E-state index >= 15 is 0 Å². The van der Waals surface area contributed by atoms with Gasteiger partial charge in [0.05, 0.1) is 15.4 Å². The summed E-state index contributed by atoms with van der Waals surface area (Å²) in [7, 11) is 0. The van der Waals surface area contributed by atoms with Crippen LogP contribution in [-0.2, 0) is 6.42 Å². The lowest BCUT2D eigenvalue weighted by atomic mass is 9.85. The van der Waals surface area contributed by atoms with Gasteiger partial charge in [-0.05, 0) is 91.5 Å². The molecule has 5 rings (SSSR count). The molecule has 5 aromatic rings. The number of rotatable bonds is 4. The van der Waals surface area contributed by atoms with Crippen LogP contribution < -0.4 is 0 Å². The van der Waals surface area contributed by atoms with Crippen molar-refractivity contribution in [2.75, 3.05) is 0 Å². The van der Waals surface area contributed by atoms with Crippen molar-refractivity contribution in [2.45, 2.75) is 74.7 Å². The van der Waals surface area contributed by atoms with Gasteiger partial charge in [-0.25, -0.2) is 9.97 Å². The molecule has 0 spiro atoms. The predicted octanol–water partition coefficient (Wildman–Crippen LogP) is 10.2. The van der Waals surface area contributed by atoms with E-state index in [1.54, 1.807) is 6.33 Å². The van der Waals surface area contributed by atoms with E-state index in [9.17, 15) is 0 Å². The summed E-state index contributed by atoms with van der Waals surface area (Å²) in [5, 5.41) is 2.89. The molecule has 0 N–H and O–H groups in total. The van der Waals surface area contributed by atoms with Crippen LogP contribution in [0.4, 0.5) is 0 Å². The zero-order valence-electron chi connectivity index (χ0n) is 23.0. The topological polar surface area (TPSA) is 25.8 Å². The van der Waals surface area contributed by atoms with Crippen LogP contribution in [0, 0.1) is 33.1 Å². The molecule has 0 amide bonds. The van der Waals surface area contributed by atoms with Crippen LogP contribution in [0.5, 0.6) is 0 Å². The maximum atomic E-state index is 4.74. The highest BCUT2D eigenvalue weighted by molar-refractivity contribution is 7.41. The van der Waals surface area contributed by atoms with Gasteiger partial charge in [0.1, 0.15) is 6.33 Å². The van der Waals surface area contributed by atoms with Crippen LogP contribution in [0.3, 0.4) is 0 Å². The highest BCUT2D eigenvalue weighted by Gasteiger charge is 2.20. The van der Waals surface area contributed by atoms with Crippen LogP contribution in [0.1, 0.15) is 73.2 Å². The Morgan fingerprint density at radius 2 is 1.47 bits per heavy atom. The molecule has 0 saturated carbocycles. The Morgan fingerprint density at radius 3 is 2.11 bits per heavy atom. The Labute approximate surface area is 223 Å². The maximum Gasteiger partial charge on any atom is 0.116 e. The normalized spacial score (nSPS) is 12.4. The van der Waals surface area contributed by atoms with Crippen molar-refractivity contribution in [3.8, 4) is 22.5 Å². The second-order valence-corrected chi connectivity index (χ2v) is 14.3. The lowest BCUT2D eigenvalue weighted by Gasteiger charge is -2.20. The largest absolute Gasteiger partial charge is 0.236 e. The van der Waals surface area contributed by atoms with Gasteiger partial charge >= 0.3 is 0 Å². The zero-order valence-corrected chi connectivity index (χ0v) is 24.6. The number of aromatic nitrogens is 2. The van der Waals surface area contributed by atoms with Gasteiger partial charge in [-0.3, -0.25) is 0 Å². The minimum atomic E-state index is 0.267. The SMILES string of the molecule is Cc1cc(CC(C)(C)C)cc(C)c1-c1cc(-c2cc(C(C)C)c3c(c2)sc2sc(C)c(C)c23)ncn1. The number of hydrogen-bond acceptors (Lipinski definition) is 4. The van der Waals surface area contributed by atoms with Crippen molar-refractivity contribution in [1.82, 2.24) is 9.97 Å². The van der Waals surface area contributed by atoms with Crippen LogP contribution in [0.15, 0.2) is 36.7 Å². The van der Waals surface area contributed by atoms with Gasteiger partial charge in [0, 0.05) is 31.5 Å². The molecule has 0 saturated heterocycles. The first-order valence-corrected chi connectivity index (χ1v) is 14.5. The van der Waals surface area contributed by atoms with Gasteiger partial charge in [-0.2, -0.15) is 0 Å². The fourth-order valence-corrected chi connectivity index (χ4v) is 8.24. The molecule has 2 nitrogen and oxygen atoms in total. The van der Waals surface area contributed by atoms with Crippen molar-refractivity contribution in [3.05, 3.63) is 69.4 Å².